The molecule has 1 aromatic heterocycles. The maximum Gasteiger partial charge on any atom is 0.259 e. The van der Waals surface area contributed by atoms with Crippen LogP contribution in [0.5, 0.6) is 0 Å². The molecular formula is C12H17N3O2. The second-order valence-electron chi connectivity index (χ2n) is 4.45. The number of carbonyl (C=O) groups is 1. The highest BCUT2D eigenvalue weighted by molar-refractivity contribution is 5.94. The molecule has 0 spiro atoms. The van der Waals surface area contributed by atoms with Crippen LogP contribution in [0.2, 0.25) is 0 Å². The standard InChI is InChI=1S/C12H17N3O2/c1-8-5-11(16)10(7-14-8)12(17)15-4-3-13-6-9(15)2/h5,7,9,13H,3-4,6H2,1-2H3,(H,14,16)/t9-/m1/s1. The molecule has 1 atom stereocenters. The molecule has 0 bridgehead atoms. The summed E-state index contributed by atoms with van der Waals surface area (Å²) >= 11 is 0. The summed E-state index contributed by atoms with van der Waals surface area (Å²) in [7, 11) is 0. The summed E-state index contributed by atoms with van der Waals surface area (Å²) in [6, 6.07) is 1.58. The van der Waals surface area contributed by atoms with E-state index >= 15 is 0 Å². The van der Waals surface area contributed by atoms with Crippen molar-refractivity contribution in [2.24, 2.45) is 0 Å². The Morgan fingerprint density at radius 2 is 2.29 bits per heavy atom. The zero-order valence-electron chi connectivity index (χ0n) is 10.1. The smallest absolute Gasteiger partial charge is 0.259 e. The molecule has 1 amide bonds. The Hall–Kier alpha value is -1.62. The number of aromatic amines is 1. The highest BCUT2D eigenvalue weighted by Gasteiger charge is 2.25. The van der Waals surface area contributed by atoms with E-state index < -0.39 is 0 Å². The van der Waals surface area contributed by atoms with E-state index in [0.29, 0.717) is 6.54 Å². The molecule has 0 unspecified atom stereocenters. The van der Waals surface area contributed by atoms with Crippen LogP contribution in [0.3, 0.4) is 0 Å². The summed E-state index contributed by atoms with van der Waals surface area (Å²) < 4.78 is 0. The van der Waals surface area contributed by atoms with Gasteiger partial charge < -0.3 is 15.2 Å². The molecule has 1 fully saturated rings. The summed E-state index contributed by atoms with van der Waals surface area (Å²) in [6.07, 6.45) is 1.51. The molecule has 2 rings (SSSR count). The number of nitrogens with zero attached hydrogens (tertiary/aromatic N) is 1. The number of H-pyrrole nitrogens is 1. The monoisotopic (exact) mass is 235 g/mol. The molecule has 1 saturated heterocycles. The van der Waals surface area contributed by atoms with Crippen LogP contribution in [0.15, 0.2) is 17.1 Å². The number of hydrogen-bond donors (Lipinski definition) is 2. The molecule has 1 aromatic rings. The van der Waals surface area contributed by atoms with Gasteiger partial charge in [-0.3, -0.25) is 9.59 Å². The van der Waals surface area contributed by atoms with E-state index in [-0.39, 0.29) is 22.9 Å². The number of piperazine rings is 1. The van der Waals surface area contributed by atoms with Gasteiger partial charge in [-0.1, -0.05) is 0 Å². The number of pyridine rings is 1. The number of rotatable bonds is 1. The van der Waals surface area contributed by atoms with Gasteiger partial charge in [0, 0.05) is 43.6 Å². The van der Waals surface area contributed by atoms with Crippen molar-refractivity contribution >= 4 is 5.91 Å². The van der Waals surface area contributed by atoms with Crippen molar-refractivity contribution in [3.63, 3.8) is 0 Å². The highest BCUT2D eigenvalue weighted by atomic mass is 16.2. The Labute approximate surface area is 99.8 Å². The van der Waals surface area contributed by atoms with Crippen LogP contribution >= 0.6 is 0 Å². The van der Waals surface area contributed by atoms with E-state index in [1.165, 1.54) is 12.3 Å². The van der Waals surface area contributed by atoms with E-state index in [4.69, 9.17) is 0 Å². The molecule has 2 heterocycles. The molecule has 0 aromatic carbocycles. The molecule has 92 valence electrons. The topological polar surface area (TPSA) is 65.2 Å². The first-order valence-corrected chi connectivity index (χ1v) is 5.80. The fourth-order valence-corrected chi connectivity index (χ4v) is 2.04. The van der Waals surface area contributed by atoms with Gasteiger partial charge in [0.15, 0.2) is 5.43 Å². The third-order valence-corrected chi connectivity index (χ3v) is 3.05. The maximum absolute atomic E-state index is 12.2. The van der Waals surface area contributed by atoms with Crippen molar-refractivity contribution < 1.29 is 4.79 Å². The third kappa shape index (κ3) is 2.39. The molecule has 0 radical (unpaired) electrons. The molecule has 17 heavy (non-hydrogen) atoms. The summed E-state index contributed by atoms with van der Waals surface area (Å²) in [5, 5.41) is 3.21. The van der Waals surface area contributed by atoms with Gasteiger partial charge in [-0.05, 0) is 13.8 Å². The van der Waals surface area contributed by atoms with Crippen molar-refractivity contribution in [2.75, 3.05) is 19.6 Å². The Kier molecular flexibility index (Phi) is 3.28. The molecule has 5 heteroatoms. The van der Waals surface area contributed by atoms with Crippen LogP contribution in [-0.4, -0.2) is 41.5 Å². The van der Waals surface area contributed by atoms with Gasteiger partial charge in [-0.25, -0.2) is 0 Å². The van der Waals surface area contributed by atoms with Crippen LogP contribution in [0.4, 0.5) is 0 Å². The fraction of sp³-hybridized carbons (Fsp3) is 0.500. The SMILES string of the molecule is Cc1cc(=O)c(C(=O)N2CCNC[C@H]2C)c[nH]1. The summed E-state index contributed by atoms with van der Waals surface area (Å²) in [4.78, 5) is 28.6. The van der Waals surface area contributed by atoms with E-state index in [9.17, 15) is 9.59 Å². The fourth-order valence-electron chi connectivity index (χ4n) is 2.04. The zero-order chi connectivity index (χ0) is 12.4. The Bertz CT molecular complexity index is 481. The lowest BCUT2D eigenvalue weighted by molar-refractivity contribution is 0.0654. The first-order chi connectivity index (χ1) is 8.09. The van der Waals surface area contributed by atoms with Crippen LogP contribution in [0.25, 0.3) is 0 Å². The molecule has 0 aliphatic carbocycles. The largest absolute Gasteiger partial charge is 0.364 e. The van der Waals surface area contributed by atoms with Gasteiger partial charge in [-0.2, -0.15) is 0 Å². The lowest BCUT2D eigenvalue weighted by atomic mass is 10.1. The Balaban J connectivity index is 2.27. The first-order valence-electron chi connectivity index (χ1n) is 5.80. The lowest BCUT2D eigenvalue weighted by Gasteiger charge is -2.33. The lowest BCUT2D eigenvalue weighted by Crippen LogP contribution is -2.52. The summed E-state index contributed by atoms with van der Waals surface area (Å²) in [5.41, 5.74) is 0.779. The van der Waals surface area contributed by atoms with Crippen LogP contribution < -0.4 is 10.7 Å². The van der Waals surface area contributed by atoms with Gasteiger partial charge in [-0.15, -0.1) is 0 Å². The van der Waals surface area contributed by atoms with Crippen molar-refractivity contribution in [1.29, 1.82) is 0 Å². The van der Waals surface area contributed by atoms with Gasteiger partial charge in [0.05, 0.1) is 0 Å². The highest BCUT2D eigenvalue weighted by Crippen LogP contribution is 2.07. The Morgan fingerprint density at radius 3 is 2.94 bits per heavy atom. The molecular weight excluding hydrogens is 218 g/mol. The predicted molar refractivity (Wildman–Crippen MR) is 65.2 cm³/mol. The van der Waals surface area contributed by atoms with Crippen LogP contribution in [0, 0.1) is 6.92 Å². The molecule has 1 aliphatic rings. The minimum Gasteiger partial charge on any atom is -0.364 e. The van der Waals surface area contributed by atoms with E-state index in [2.05, 4.69) is 10.3 Å². The van der Waals surface area contributed by atoms with Gasteiger partial charge in [0.1, 0.15) is 5.56 Å². The van der Waals surface area contributed by atoms with Crippen LogP contribution in [0.1, 0.15) is 23.0 Å². The van der Waals surface area contributed by atoms with Crippen molar-refractivity contribution in [2.45, 2.75) is 19.9 Å². The quantitative estimate of drug-likeness (QED) is 0.726. The number of amides is 1. The van der Waals surface area contributed by atoms with Crippen molar-refractivity contribution in [3.05, 3.63) is 33.7 Å². The average molecular weight is 235 g/mol. The summed E-state index contributed by atoms with van der Waals surface area (Å²) in [6.45, 7) is 5.97. The minimum atomic E-state index is -0.211. The van der Waals surface area contributed by atoms with E-state index in [1.54, 1.807) is 11.8 Å². The normalized spacial score (nSPS) is 20.4. The van der Waals surface area contributed by atoms with Gasteiger partial charge in [0.2, 0.25) is 0 Å². The number of carbonyl (C=O) groups excluding carboxylic acids is 1. The second kappa shape index (κ2) is 4.71. The average Bonchev–Trinajstić information content (AvgIpc) is 2.29. The minimum absolute atomic E-state index is 0.122. The zero-order valence-corrected chi connectivity index (χ0v) is 10.1. The summed E-state index contributed by atoms with van der Waals surface area (Å²) in [5.74, 6) is -0.180. The van der Waals surface area contributed by atoms with E-state index in [0.717, 1.165) is 18.8 Å². The van der Waals surface area contributed by atoms with E-state index in [1.807, 2.05) is 6.92 Å². The van der Waals surface area contributed by atoms with Crippen molar-refractivity contribution in [3.8, 4) is 0 Å². The molecule has 5 nitrogen and oxygen atoms in total. The maximum atomic E-state index is 12.2. The Morgan fingerprint density at radius 1 is 1.53 bits per heavy atom. The van der Waals surface area contributed by atoms with Gasteiger partial charge in [0.25, 0.3) is 5.91 Å². The third-order valence-electron chi connectivity index (χ3n) is 3.05. The second-order valence-corrected chi connectivity index (χ2v) is 4.45. The predicted octanol–water partition coefficient (Wildman–Crippen LogP) is 0.117. The molecule has 2 N–H and O–H groups in total. The number of aromatic nitrogens is 1. The van der Waals surface area contributed by atoms with Gasteiger partial charge >= 0.3 is 0 Å². The van der Waals surface area contributed by atoms with Crippen LogP contribution in [-0.2, 0) is 0 Å². The first kappa shape index (κ1) is 11.9. The molecule has 1 aliphatic heterocycles. The number of nitrogens with one attached hydrogen (secondary N) is 2. The number of hydrogen-bond acceptors (Lipinski definition) is 3. The van der Waals surface area contributed by atoms with Crippen molar-refractivity contribution in [1.82, 2.24) is 15.2 Å². The number of aryl methyl sites for hydroxylation is 1. The molecule has 0 saturated carbocycles.